The van der Waals surface area contributed by atoms with Gasteiger partial charge in [-0.1, -0.05) is 25.5 Å². The minimum absolute atomic E-state index is 0.269. The summed E-state index contributed by atoms with van der Waals surface area (Å²) in [5.74, 6) is 0. The molecule has 0 atom stereocenters. The average Bonchev–Trinajstić information content (AvgIpc) is 2.80. The quantitative estimate of drug-likeness (QED) is 0.892. The zero-order valence-corrected chi connectivity index (χ0v) is 13.4. The van der Waals surface area contributed by atoms with Crippen LogP contribution in [0.5, 0.6) is 0 Å². The minimum atomic E-state index is -3.57. The fourth-order valence-electron chi connectivity index (χ4n) is 2.11. The Kier molecular flexibility index (Phi) is 4.67. The fourth-order valence-corrected chi connectivity index (χ4v) is 3.21. The summed E-state index contributed by atoms with van der Waals surface area (Å²) in [7, 11) is -3.57. The highest BCUT2D eigenvalue weighted by atomic mass is 32.2. The molecule has 0 radical (unpaired) electrons. The first kappa shape index (κ1) is 15.6. The summed E-state index contributed by atoms with van der Waals surface area (Å²) in [6.07, 6.45) is 3.70. The van der Waals surface area contributed by atoms with E-state index in [4.69, 9.17) is 0 Å². The first-order valence-corrected chi connectivity index (χ1v) is 8.60. The summed E-state index contributed by atoms with van der Waals surface area (Å²) in [5.41, 5.74) is 2.34. The van der Waals surface area contributed by atoms with Crippen molar-refractivity contribution >= 4 is 15.7 Å². The molecule has 0 aliphatic heterocycles. The summed E-state index contributed by atoms with van der Waals surface area (Å²) >= 11 is 0. The van der Waals surface area contributed by atoms with E-state index in [2.05, 4.69) is 16.7 Å². The Bertz CT molecular complexity index is 703. The molecule has 0 unspecified atom stereocenters. The van der Waals surface area contributed by atoms with Crippen molar-refractivity contribution in [2.24, 2.45) is 0 Å². The molecular formula is C15H21N3O2S. The molecule has 5 nitrogen and oxygen atoms in total. The highest BCUT2D eigenvalue weighted by molar-refractivity contribution is 7.92. The third-order valence-electron chi connectivity index (χ3n) is 3.29. The van der Waals surface area contributed by atoms with Crippen LogP contribution in [0, 0.1) is 6.92 Å². The lowest BCUT2D eigenvalue weighted by Crippen LogP contribution is -2.13. The van der Waals surface area contributed by atoms with Gasteiger partial charge in [-0.2, -0.15) is 5.10 Å². The number of sulfonamides is 1. The van der Waals surface area contributed by atoms with Gasteiger partial charge in [0.05, 0.1) is 16.3 Å². The third kappa shape index (κ3) is 3.64. The number of aryl methyl sites for hydroxylation is 3. The van der Waals surface area contributed by atoms with Crippen LogP contribution >= 0.6 is 0 Å². The van der Waals surface area contributed by atoms with Gasteiger partial charge in [0.1, 0.15) is 0 Å². The molecule has 1 aromatic carbocycles. The summed E-state index contributed by atoms with van der Waals surface area (Å²) in [6, 6.07) is 7.01. The van der Waals surface area contributed by atoms with Crippen molar-refractivity contribution in [3.05, 3.63) is 41.7 Å². The fraction of sp³-hybridized carbons (Fsp3) is 0.400. The van der Waals surface area contributed by atoms with Crippen LogP contribution in [0.2, 0.25) is 0 Å². The second-order valence-corrected chi connectivity index (χ2v) is 6.67. The molecule has 2 rings (SSSR count). The Morgan fingerprint density at radius 2 is 1.86 bits per heavy atom. The van der Waals surface area contributed by atoms with Crippen molar-refractivity contribution in [3.63, 3.8) is 0 Å². The van der Waals surface area contributed by atoms with E-state index in [1.54, 1.807) is 29.9 Å². The molecule has 21 heavy (non-hydrogen) atoms. The highest BCUT2D eigenvalue weighted by Crippen LogP contribution is 2.19. The maximum absolute atomic E-state index is 12.4. The van der Waals surface area contributed by atoms with Crippen LogP contribution < -0.4 is 4.72 Å². The molecule has 0 fully saturated rings. The van der Waals surface area contributed by atoms with Crippen molar-refractivity contribution < 1.29 is 8.42 Å². The predicted octanol–water partition coefficient (Wildman–Crippen LogP) is 2.96. The molecule has 0 amide bonds. The monoisotopic (exact) mass is 307 g/mol. The third-order valence-corrected chi connectivity index (χ3v) is 4.67. The van der Waals surface area contributed by atoms with E-state index in [-0.39, 0.29) is 4.90 Å². The maximum atomic E-state index is 12.4. The zero-order valence-electron chi connectivity index (χ0n) is 12.6. The lowest BCUT2D eigenvalue weighted by molar-refractivity contribution is 0.601. The summed E-state index contributed by atoms with van der Waals surface area (Å²) in [6.45, 7) is 6.54. The van der Waals surface area contributed by atoms with Crippen molar-refractivity contribution in [2.75, 3.05) is 4.72 Å². The molecular weight excluding hydrogens is 286 g/mol. The number of nitrogens with zero attached hydrogens (tertiary/aromatic N) is 2. The van der Waals surface area contributed by atoms with Gasteiger partial charge in [-0.15, -0.1) is 0 Å². The van der Waals surface area contributed by atoms with Crippen LogP contribution in [0.4, 0.5) is 5.69 Å². The Labute approximate surface area is 126 Å². The van der Waals surface area contributed by atoms with Gasteiger partial charge in [-0.3, -0.25) is 9.40 Å². The minimum Gasteiger partial charge on any atom is -0.276 e. The van der Waals surface area contributed by atoms with E-state index in [1.165, 1.54) is 0 Å². The molecule has 1 N–H and O–H groups in total. The maximum Gasteiger partial charge on any atom is 0.262 e. The van der Waals surface area contributed by atoms with E-state index in [0.29, 0.717) is 17.9 Å². The predicted molar refractivity (Wildman–Crippen MR) is 83.9 cm³/mol. The first-order valence-electron chi connectivity index (χ1n) is 7.12. The Morgan fingerprint density at radius 1 is 1.19 bits per heavy atom. The number of aromatic nitrogens is 2. The Hall–Kier alpha value is -1.82. The first-order chi connectivity index (χ1) is 9.96. The van der Waals surface area contributed by atoms with E-state index in [0.717, 1.165) is 18.4 Å². The van der Waals surface area contributed by atoms with Gasteiger partial charge < -0.3 is 0 Å². The normalized spacial score (nSPS) is 11.6. The number of anilines is 1. The van der Waals surface area contributed by atoms with Gasteiger partial charge in [0.25, 0.3) is 10.0 Å². The highest BCUT2D eigenvalue weighted by Gasteiger charge is 2.16. The van der Waals surface area contributed by atoms with Crippen LogP contribution in [-0.2, 0) is 23.0 Å². The SMILES string of the molecule is CCCc1ccc(S(=O)(=O)Nc2cn(CC)nc2C)cc1. The van der Waals surface area contributed by atoms with E-state index in [1.807, 2.05) is 19.1 Å². The zero-order chi connectivity index (χ0) is 15.5. The van der Waals surface area contributed by atoms with Crippen LogP contribution in [0.25, 0.3) is 0 Å². The topological polar surface area (TPSA) is 64.0 Å². The molecule has 0 aliphatic rings. The second-order valence-electron chi connectivity index (χ2n) is 4.98. The molecule has 1 heterocycles. The molecule has 114 valence electrons. The summed E-state index contributed by atoms with van der Waals surface area (Å²) in [5, 5.41) is 4.24. The number of hydrogen-bond acceptors (Lipinski definition) is 3. The van der Waals surface area contributed by atoms with Gasteiger partial charge in [0, 0.05) is 12.7 Å². The van der Waals surface area contributed by atoms with Gasteiger partial charge in [-0.05, 0) is 38.0 Å². The lowest BCUT2D eigenvalue weighted by Gasteiger charge is -2.07. The van der Waals surface area contributed by atoms with Crippen LogP contribution in [0.1, 0.15) is 31.5 Å². The van der Waals surface area contributed by atoms with Crippen LogP contribution in [-0.4, -0.2) is 18.2 Å². The lowest BCUT2D eigenvalue weighted by atomic mass is 10.1. The average molecular weight is 307 g/mol. The molecule has 0 saturated heterocycles. The van der Waals surface area contributed by atoms with E-state index < -0.39 is 10.0 Å². The standard InChI is InChI=1S/C15H21N3O2S/c1-4-6-13-7-9-14(10-8-13)21(19,20)17-15-11-18(5-2)16-12(15)3/h7-11,17H,4-6H2,1-3H3. The van der Waals surface area contributed by atoms with Crippen molar-refractivity contribution in [1.82, 2.24) is 9.78 Å². The molecule has 0 spiro atoms. The number of nitrogens with one attached hydrogen (secondary N) is 1. The summed E-state index contributed by atoms with van der Waals surface area (Å²) < 4.78 is 29.0. The Morgan fingerprint density at radius 3 is 2.38 bits per heavy atom. The molecule has 2 aromatic rings. The van der Waals surface area contributed by atoms with Crippen LogP contribution in [0.15, 0.2) is 35.4 Å². The number of rotatable bonds is 6. The molecule has 1 aromatic heterocycles. The van der Waals surface area contributed by atoms with E-state index in [9.17, 15) is 8.42 Å². The van der Waals surface area contributed by atoms with Gasteiger partial charge >= 0.3 is 0 Å². The van der Waals surface area contributed by atoms with Crippen molar-refractivity contribution in [3.8, 4) is 0 Å². The molecule has 0 bridgehead atoms. The van der Waals surface area contributed by atoms with Crippen molar-refractivity contribution in [1.29, 1.82) is 0 Å². The number of hydrogen-bond donors (Lipinski definition) is 1. The molecule has 0 aliphatic carbocycles. The summed E-state index contributed by atoms with van der Waals surface area (Å²) in [4.78, 5) is 0.269. The van der Waals surface area contributed by atoms with Gasteiger partial charge in [0.2, 0.25) is 0 Å². The number of benzene rings is 1. The second kappa shape index (κ2) is 6.30. The molecule has 6 heteroatoms. The van der Waals surface area contributed by atoms with Crippen LogP contribution in [0.3, 0.4) is 0 Å². The van der Waals surface area contributed by atoms with E-state index >= 15 is 0 Å². The van der Waals surface area contributed by atoms with Gasteiger partial charge in [0.15, 0.2) is 0 Å². The Balaban J connectivity index is 2.23. The smallest absolute Gasteiger partial charge is 0.262 e. The largest absolute Gasteiger partial charge is 0.276 e. The van der Waals surface area contributed by atoms with Gasteiger partial charge in [-0.25, -0.2) is 8.42 Å². The molecule has 0 saturated carbocycles. The van der Waals surface area contributed by atoms with Crippen molar-refractivity contribution in [2.45, 2.75) is 45.1 Å².